The van der Waals surface area contributed by atoms with Gasteiger partial charge < -0.3 is 21.3 Å². The number of urea groups is 1. The number of nitrogens with two attached hydrogens (primary N) is 1. The maximum atomic E-state index is 13.4. The SMILES string of the molecule is NC(=O)Nc1cccc(C(=O)N(Cc2ccsc2)C2CC23CCNCC3)c1. The van der Waals surface area contributed by atoms with E-state index in [0.717, 1.165) is 37.9 Å². The topological polar surface area (TPSA) is 87.5 Å². The Morgan fingerprint density at radius 3 is 2.81 bits per heavy atom. The Labute approximate surface area is 162 Å². The molecule has 2 aliphatic rings. The van der Waals surface area contributed by atoms with E-state index >= 15 is 0 Å². The number of thiophene rings is 1. The van der Waals surface area contributed by atoms with Crippen LogP contribution < -0.4 is 16.4 Å². The second-order valence-electron chi connectivity index (χ2n) is 7.47. The van der Waals surface area contributed by atoms with Crippen LogP contribution in [0.4, 0.5) is 10.5 Å². The van der Waals surface area contributed by atoms with Crippen molar-refractivity contribution in [2.75, 3.05) is 18.4 Å². The zero-order chi connectivity index (χ0) is 18.9. The molecule has 4 rings (SSSR count). The number of amides is 3. The molecular weight excluding hydrogens is 360 g/mol. The van der Waals surface area contributed by atoms with Crippen molar-refractivity contribution in [3.63, 3.8) is 0 Å². The number of anilines is 1. The molecule has 4 N–H and O–H groups in total. The van der Waals surface area contributed by atoms with E-state index < -0.39 is 6.03 Å². The van der Waals surface area contributed by atoms with E-state index in [4.69, 9.17) is 5.73 Å². The van der Waals surface area contributed by atoms with Crippen molar-refractivity contribution < 1.29 is 9.59 Å². The summed E-state index contributed by atoms with van der Waals surface area (Å²) in [6.45, 7) is 2.67. The van der Waals surface area contributed by atoms with Gasteiger partial charge >= 0.3 is 6.03 Å². The number of nitrogens with one attached hydrogen (secondary N) is 2. The maximum Gasteiger partial charge on any atom is 0.316 e. The van der Waals surface area contributed by atoms with E-state index in [-0.39, 0.29) is 17.4 Å². The van der Waals surface area contributed by atoms with Crippen molar-refractivity contribution in [1.29, 1.82) is 0 Å². The molecule has 7 heteroatoms. The molecule has 1 saturated carbocycles. The Morgan fingerprint density at radius 2 is 2.11 bits per heavy atom. The molecule has 2 aromatic rings. The highest BCUT2D eigenvalue weighted by Crippen LogP contribution is 2.56. The zero-order valence-electron chi connectivity index (χ0n) is 15.1. The summed E-state index contributed by atoms with van der Waals surface area (Å²) in [4.78, 5) is 26.5. The number of carbonyl (C=O) groups excluding carboxylic acids is 2. The summed E-state index contributed by atoms with van der Waals surface area (Å²) in [7, 11) is 0. The molecule has 2 heterocycles. The number of rotatable bonds is 5. The highest BCUT2D eigenvalue weighted by molar-refractivity contribution is 7.07. The number of hydrogen-bond acceptors (Lipinski definition) is 4. The third-order valence-electron chi connectivity index (χ3n) is 5.69. The first-order valence-corrected chi connectivity index (χ1v) is 10.2. The molecule has 1 atom stereocenters. The van der Waals surface area contributed by atoms with Crippen LogP contribution in [0.2, 0.25) is 0 Å². The quantitative estimate of drug-likeness (QED) is 0.740. The van der Waals surface area contributed by atoms with Crippen molar-refractivity contribution in [2.24, 2.45) is 11.1 Å². The van der Waals surface area contributed by atoms with Crippen LogP contribution in [-0.4, -0.2) is 36.0 Å². The van der Waals surface area contributed by atoms with Crippen LogP contribution in [0.25, 0.3) is 0 Å². The average molecular weight is 385 g/mol. The van der Waals surface area contributed by atoms with Gasteiger partial charge in [-0.05, 0) is 78.4 Å². The van der Waals surface area contributed by atoms with Gasteiger partial charge in [-0.3, -0.25) is 4.79 Å². The van der Waals surface area contributed by atoms with Gasteiger partial charge in [0.05, 0.1) is 0 Å². The standard InChI is InChI=1S/C20H24N4O2S/c21-19(26)23-16-3-1-2-15(10-16)18(25)24(12-14-4-9-27-13-14)17-11-20(17)5-7-22-8-6-20/h1-4,9-10,13,17,22H,5-8,11-12H2,(H3,21,23,26). The smallest absolute Gasteiger partial charge is 0.316 e. The minimum atomic E-state index is -0.634. The first-order chi connectivity index (χ1) is 13.1. The number of carbonyl (C=O) groups is 2. The Kier molecular flexibility index (Phi) is 4.88. The highest BCUT2D eigenvalue weighted by Gasteiger charge is 2.57. The van der Waals surface area contributed by atoms with Gasteiger partial charge in [-0.1, -0.05) is 6.07 Å². The fraction of sp³-hybridized carbons (Fsp3) is 0.400. The monoisotopic (exact) mass is 384 g/mol. The lowest BCUT2D eigenvalue weighted by atomic mass is 9.93. The van der Waals surface area contributed by atoms with Gasteiger partial charge in [0.2, 0.25) is 0 Å². The van der Waals surface area contributed by atoms with Crippen molar-refractivity contribution in [3.8, 4) is 0 Å². The molecule has 142 valence electrons. The van der Waals surface area contributed by atoms with Gasteiger partial charge in [-0.15, -0.1) is 0 Å². The maximum absolute atomic E-state index is 13.4. The summed E-state index contributed by atoms with van der Waals surface area (Å²) < 4.78 is 0. The van der Waals surface area contributed by atoms with Gasteiger partial charge in [-0.25, -0.2) is 4.79 Å². The molecule has 2 fully saturated rings. The second-order valence-corrected chi connectivity index (χ2v) is 8.25. The molecular formula is C20H24N4O2S. The van der Waals surface area contributed by atoms with Crippen molar-refractivity contribution in [1.82, 2.24) is 10.2 Å². The predicted molar refractivity (Wildman–Crippen MR) is 107 cm³/mol. The highest BCUT2D eigenvalue weighted by atomic mass is 32.1. The average Bonchev–Trinajstić information content (AvgIpc) is 3.09. The lowest BCUT2D eigenvalue weighted by Crippen LogP contribution is -2.39. The first-order valence-electron chi connectivity index (χ1n) is 9.27. The summed E-state index contributed by atoms with van der Waals surface area (Å²) >= 11 is 1.65. The van der Waals surface area contributed by atoms with Crippen molar-refractivity contribution >= 4 is 29.0 Å². The summed E-state index contributed by atoms with van der Waals surface area (Å²) in [5.74, 6) is 0.00901. The Bertz CT molecular complexity index is 830. The summed E-state index contributed by atoms with van der Waals surface area (Å²) in [6, 6.07) is 8.72. The molecule has 1 aliphatic heterocycles. The van der Waals surface area contributed by atoms with Crippen molar-refractivity contribution in [3.05, 3.63) is 52.2 Å². The molecule has 0 radical (unpaired) electrons. The fourth-order valence-corrected chi connectivity index (χ4v) is 4.83. The van der Waals surface area contributed by atoms with Crippen LogP contribution in [-0.2, 0) is 6.54 Å². The molecule has 0 bridgehead atoms. The number of piperidine rings is 1. The van der Waals surface area contributed by atoms with E-state index in [2.05, 4.69) is 22.1 Å². The van der Waals surface area contributed by atoms with Crippen LogP contribution in [0.15, 0.2) is 41.1 Å². The summed E-state index contributed by atoms with van der Waals surface area (Å²) in [6.07, 6.45) is 3.31. The summed E-state index contributed by atoms with van der Waals surface area (Å²) in [5.41, 5.74) is 7.74. The van der Waals surface area contributed by atoms with E-state index in [0.29, 0.717) is 17.8 Å². The molecule has 1 aliphatic carbocycles. The van der Waals surface area contributed by atoms with Crippen LogP contribution in [0.3, 0.4) is 0 Å². The van der Waals surface area contributed by atoms with Crippen LogP contribution in [0.5, 0.6) is 0 Å². The molecule has 1 spiro atoms. The minimum absolute atomic E-state index is 0.00901. The molecule has 1 unspecified atom stereocenters. The van der Waals surface area contributed by atoms with Gasteiger partial charge in [0.15, 0.2) is 0 Å². The van der Waals surface area contributed by atoms with Gasteiger partial charge in [0.1, 0.15) is 0 Å². The molecule has 27 heavy (non-hydrogen) atoms. The molecule has 1 aromatic carbocycles. The van der Waals surface area contributed by atoms with E-state index in [1.165, 1.54) is 0 Å². The molecule has 6 nitrogen and oxygen atoms in total. The third kappa shape index (κ3) is 3.84. The van der Waals surface area contributed by atoms with Gasteiger partial charge in [0.25, 0.3) is 5.91 Å². The van der Waals surface area contributed by atoms with Gasteiger partial charge in [0, 0.05) is 23.8 Å². The molecule has 1 aromatic heterocycles. The largest absolute Gasteiger partial charge is 0.351 e. The second kappa shape index (κ2) is 7.32. The van der Waals surface area contributed by atoms with E-state index in [1.807, 2.05) is 10.3 Å². The zero-order valence-corrected chi connectivity index (χ0v) is 15.9. The normalized spacial score (nSPS) is 20.2. The van der Waals surface area contributed by atoms with E-state index in [1.54, 1.807) is 35.6 Å². The Balaban J connectivity index is 1.58. The minimum Gasteiger partial charge on any atom is -0.351 e. The van der Waals surface area contributed by atoms with E-state index in [9.17, 15) is 9.59 Å². The predicted octanol–water partition coefficient (Wildman–Crippen LogP) is 3.02. The van der Waals surface area contributed by atoms with Crippen LogP contribution in [0, 0.1) is 5.41 Å². The van der Waals surface area contributed by atoms with Gasteiger partial charge in [-0.2, -0.15) is 11.3 Å². The first kappa shape index (κ1) is 18.0. The number of hydrogen-bond donors (Lipinski definition) is 3. The number of primary amides is 1. The third-order valence-corrected chi connectivity index (χ3v) is 6.43. The fourth-order valence-electron chi connectivity index (χ4n) is 4.17. The van der Waals surface area contributed by atoms with Crippen molar-refractivity contribution in [2.45, 2.75) is 31.8 Å². The number of benzene rings is 1. The Morgan fingerprint density at radius 1 is 1.30 bits per heavy atom. The Hall–Kier alpha value is -2.38. The van der Waals surface area contributed by atoms with Crippen LogP contribution in [0.1, 0.15) is 35.2 Å². The molecule has 1 saturated heterocycles. The lowest BCUT2D eigenvalue weighted by molar-refractivity contribution is 0.0692. The summed E-state index contributed by atoms with van der Waals surface area (Å²) in [5, 5.41) is 10.1. The lowest BCUT2D eigenvalue weighted by Gasteiger charge is -2.29. The van der Waals surface area contributed by atoms with Crippen LogP contribution >= 0.6 is 11.3 Å². The molecule has 3 amide bonds. The number of nitrogens with zero attached hydrogens (tertiary/aromatic N) is 1.